The van der Waals surface area contributed by atoms with E-state index >= 15 is 0 Å². The maximum Gasteiger partial charge on any atom is 0.162 e. The topological polar surface area (TPSA) is 68.2 Å². The minimum atomic E-state index is -0.920. The summed E-state index contributed by atoms with van der Waals surface area (Å²) in [6, 6.07) is 5.48. The Morgan fingerprint density at radius 1 is 1.27 bits per heavy atom. The Morgan fingerprint density at radius 3 is 2.90 bits per heavy atom. The van der Waals surface area contributed by atoms with Crippen LogP contribution in [0.3, 0.4) is 0 Å². The van der Waals surface area contributed by atoms with Crippen molar-refractivity contribution in [3.8, 4) is 5.75 Å². The molecule has 1 N–H and O–H groups in total. The van der Waals surface area contributed by atoms with Gasteiger partial charge in [0.25, 0.3) is 0 Å². The van der Waals surface area contributed by atoms with Crippen molar-refractivity contribution in [1.29, 1.82) is 0 Å². The highest BCUT2D eigenvalue weighted by atomic mass is 19.2. The number of aromatic amines is 1. The molecule has 1 aromatic carbocycles. The van der Waals surface area contributed by atoms with E-state index in [-0.39, 0.29) is 6.10 Å². The summed E-state index contributed by atoms with van der Waals surface area (Å²) in [6.07, 6.45) is 2.38. The fraction of sp³-hybridized carbons (Fsp3) is 0.429. The normalized spacial score (nSPS) is 17.4. The van der Waals surface area contributed by atoms with Gasteiger partial charge in [-0.2, -0.15) is 10.2 Å². The Morgan fingerprint density at radius 2 is 2.13 bits per heavy atom. The van der Waals surface area contributed by atoms with Gasteiger partial charge in [-0.3, -0.25) is 14.7 Å². The van der Waals surface area contributed by atoms with Gasteiger partial charge in [0.2, 0.25) is 0 Å². The maximum atomic E-state index is 13.2. The third-order valence-electron chi connectivity index (χ3n) is 5.39. The number of aromatic nitrogens is 4. The Labute approximate surface area is 173 Å². The number of nitrogens with zero attached hydrogens (tertiary/aromatic N) is 4. The molecule has 1 aliphatic heterocycles. The van der Waals surface area contributed by atoms with E-state index in [9.17, 15) is 8.78 Å². The van der Waals surface area contributed by atoms with Crippen molar-refractivity contribution in [2.45, 2.75) is 26.0 Å². The van der Waals surface area contributed by atoms with Crippen LogP contribution in [0.4, 0.5) is 8.78 Å². The Balaban J connectivity index is 1.30. The summed E-state index contributed by atoms with van der Waals surface area (Å²) in [5.74, 6) is -1.51. The van der Waals surface area contributed by atoms with Gasteiger partial charge in [0.1, 0.15) is 11.9 Å². The molecule has 1 aliphatic rings. The number of hydrogen-bond acceptors (Lipinski definition) is 5. The number of halogens is 2. The summed E-state index contributed by atoms with van der Waals surface area (Å²) in [5.41, 5.74) is 4.14. The second-order valence-electron chi connectivity index (χ2n) is 7.47. The zero-order chi connectivity index (χ0) is 21.1. The SMILES string of the molecule is Cc1c(CN2CCO[C@H](c3cc(CCOc4ccc(F)c(F)c4)[nH]n3)C2)cnn1C. The van der Waals surface area contributed by atoms with Crippen molar-refractivity contribution in [1.82, 2.24) is 24.9 Å². The molecule has 1 fully saturated rings. The maximum absolute atomic E-state index is 13.2. The van der Waals surface area contributed by atoms with Crippen LogP contribution in [-0.4, -0.2) is 51.2 Å². The van der Waals surface area contributed by atoms with Crippen LogP contribution in [0, 0.1) is 18.6 Å². The second-order valence-corrected chi connectivity index (χ2v) is 7.47. The van der Waals surface area contributed by atoms with Gasteiger partial charge in [-0.15, -0.1) is 0 Å². The quantitative estimate of drug-likeness (QED) is 0.640. The number of H-pyrrole nitrogens is 1. The van der Waals surface area contributed by atoms with Gasteiger partial charge >= 0.3 is 0 Å². The predicted molar refractivity (Wildman–Crippen MR) is 106 cm³/mol. The van der Waals surface area contributed by atoms with E-state index in [0.29, 0.717) is 25.4 Å². The van der Waals surface area contributed by atoms with Gasteiger partial charge in [0, 0.05) is 56.1 Å². The fourth-order valence-corrected chi connectivity index (χ4v) is 3.48. The van der Waals surface area contributed by atoms with Crippen molar-refractivity contribution >= 4 is 0 Å². The lowest BCUT2D eigenvalue weighted by atomic mass is 10.1. The standard InChI is InChI=1S/C21H25F2N5O2/c1-14-15(11-24-27(14)2)12-28-6-8-30-21(13-28)20-9-16(25-26-20)5-7-29-17-3-4-18(22)19(23)10-17/h3-4,9-11,21H,5-8,12-13H2,1-2H3,(H,25,26)/t21-/m0/s1. The van der Waals surface area contributed by atoms with Gasteiger partial charge < -0.3 is 9.47 Å². The number of morpholine rings is 1. The number of hydrogen-bond donors (Lipinski definition) is 1. The third-order valence-corrected chi connectivity index (χ3v) is 5.39. The Kier molecular flexibility index (Phi) is 6.10. The molecule has 1 atom stereocenters. The first-order chi connectivity index (χ1) is 14.5. The number of rotatable bonds is 7. The molecule has 160 valence electrons. The van der Waals surface area contributed by atoms with Crippen LogP contribution >= 0.6 is 0 Å². The molecule has 0 radical (unpaired) electrons. The van der Waals surface area contributed by atoms with E-state index in [4.69, 9.17) is 9.47 Å². The molecule has 3 aromatic rings. The van der Waals surface area contributed by atoms with Crippen molar-refractivity contribution < 1.29 is 18.3 Å². The highest BCUT2D eigenvalue weighted by molar-refractivity contribution is 5.23. The average Bonchev–Trinajstić information content (AvgIpc) is 3.33. The van der Waals surface area contributed by atoms with Crippen molar-refractivity contribution in [3.05, 3.63) is 64.7 Å². The van der Waals surface area contributed by atoms with Crippen LogP contribution in [0.1, 0.15) is 28.7 Å². The summed E-state index contributed by atoms with van der Waals surface area (Å²) in [4.78, 5) is 2.35. The molecule has 3 heterocycles. The highest BCUT2D eigenvalue weighted by Gasteiger charge is 2.25. The van der Waals surface area contributed by atoms with E-state index in [1.54, 1.807) is 0 Å². The molecular formula is C21H25F2N5O2. The lowest BCUT2D eigenvalue weighted by Crippen LogP contribution is -2.38. The third kappa shape index (κ3) is 4.68. The lowest BCUT2D eigenvalue weighted by molar-refractivity contribution is -0.0350. The van der Waals surface area contributed by atoms with E-state index in [1.165, 1.54) is 17.3 Å². The molecule has 0 unspecified atom stereocenters. The first kappa shape index (κ1) is 20.5. The molecule has 0 amide bonds. The van der Waals surface area contributed by atoms with E-state index < -0.39 is 11.6 Å². The summed E-state index contributed by atoms with van der Waals surface area (Å²) < 4.78 is 39.5. The molecule has 0 bridgehead atoms. The molecule has 0 aliphatic carbocycles. The number of aryl methyl sites for hydroxylation is 1. The van der Waals surface area contributed by atoms with Crippen LogP contribution in [0.15, 0.2) is 30.5 Å². The highest BCUT2D eigenvalue weighted by Crippen LogP contribution is 2.23. The number of ether oxygens (including phenoxy) is 2. The first-order valence-electron chi connectivity index (χ1n) is 9.93. The van der Waals surface area contributed by atoms with Gasteiger partial charge in [-0.25, -0.2) is 8.78 Å². The number of nitrogens with one attached hydrogen (secondary N) is 1. The van der Waals surface area contributed by atoms with Gasteiger partial charge in [-0.05, 0) is 25.1 Å². The summed E-state index contributed by atoms with van der Waals surface area (Å²) in [7, 11) is 1.95. The van der Waals surface area contributed by atoms with Gasteiger partial charge in [0.05, 0.1) is 25.1 Å². The van der Waals surface area contributed by atoms with Crippen LogP contribution < -0.4 is 4.74 Å². The molecule has 0 saturated carbocycles. The first-order valence-corrected chi connectivity index (χ1v) is 9.93. The molecule has 2 aromatic heterocycles. The van der Waals surface area contributed by atoms with E-state index in [2.05, 4.69) is 27.1 Å². The van der Waals surface area contributed by atoms with Crippen molar-refractivity contribution in [2.75, 3.05) is 26.3 Å². The monoisotopic (exact) mass is 417 g/mol. The van der Waals surface area contributed by atoms with Gasteiger partial charge in [-0.1, -0.05) is 0 Å². The molecular weight excluding hydrogens is 392 g/mol. The number of benzene rings is 1. The summed E-state index contributed by atoms with van der Waals surface area (Å²) in [6.45, 7) is 5.49. The minimum absolute atomic E-state index is 0.104. The smallest absolute Gasteiger partial charge is 0.162 e. The molecule has 1 saturated heterocycles. The molecule has 0 spiro atoms. The van der Waals surface area contributed by atoms with Crippen molar-refractivity contribution in [3.63, 3.8) is 0 Å². The zero-order valence-corrected chi connectivity index (χ0v) is 17.1. The lowest BCUT2D eigenvalue weighted by Gasteiger charge is -2.32. The van der Waals surface area contributed by atoms with E-state index in [1.807, 2.05) is 24.0 Å². The van der Waals surface area contributed by atoms with E-state index in [0.717, 1.165) is 43.2 Å². The zero-order valence-electron chi connectivity index (χ0n) is 17.1. The summed E-state index contributed by atoms with van der Waals surface area (Å²) in [5, 5.41) is 11.7. The van der Waals surface area contributed by atoms with Crippen LogP contribution in [0.25, 0.3) is 0 Å². The molecule has 30 heavy (non-hydrogen) atoms. The minimum Gasteiger partial charge on any atom is -0.493 e. The largest absolute Gasteiger partial charge is 0.493 e. The Hall–Kier alpha value is -2.78. The summed E-state index contributed by atoms with van der Waals surface area (Å²) >= 11 is 0. The predicted octanol–water partition coefficient (Wildman–Crippen LogP) is 2.92. The average molecular weight is 417 g/mol. The molecule has 4 rings (SSSR count). The fourth-order valence-electron chi connectivity index (χ4n) is 3.48. The van der Waals surface area contributed by atoms with Crippen molar-refractivity contribution in [2.24, 2.45) is 7.05 Å². The Bertz CT molecular complexity index is 1000. The van der Waals surface area contributed by atoms with Gasteiger partial charge in [0.15, 0.2) is 11.6 Å². The van der Waals surface area contributed by atoms with Crippen LogP contribution in [0.2, 0.25) is 0 Å². The van der Waals surface area contributed by atoms with Crippen LogP contribution in [-0.2, 0) is 24.8 Å². The van der Waals surface area contributed by atoms with Crippen LogP contribution in [0.5, 0.6) is 5.75 Å². The molecule has 7 nitrogen and oxygen atoms in total. The molecule has 9 heteroatoms. The second kappa shape index (κ2) is 8.93.